The van der Waals surface area contributed by atoms with Gasteiger partial charge in [-0.1, -0.05) is 36.4 Å². The fourth-order valence-corrected chi connectivity index (χ4v) is 1.42. The number of nitrogens with one attached hydrogen (secondary N) is 1. The standard InChI is InChI=1S/C14H17ClN6O/c1-8(16)11(20-12(15)9(2)17)13(22)21-14(18)19-10-6-4-3-5-7-10/h3-7H,2,16-17H2,1H3,(H3,18,19,21,22)/b11-8+,20-12?. The van der Waals surface area contributed by atoms with Crippen molar-refractivity contribution in [3.8, 4) is 0 Å². The van der Waals surface area contributed by atoms with Crippen molar-refractivity contribution < 1.29 is 4.79 Å². The highest BCUT2D eigenvalue weighted by Crippen LogP contribution is 2.09. The van der Waals surface area contributed by atoms with Crippen LogP contribution in [0.15, 0.2) is 64.0 Å². The van der Waals surface area contributed by atoms with Gasteiger partial charge in [-0.05, 0) is 19.1 Å². The van der Waals surface area contributed by atoms with E-state index in [0.717, 1.165) is 0 Å². The number of nitrogens with two attached hydrogens (primary N) is 3. The lowest BCUT2D eigenvalue weighted by molar-refractivity contribution is -0.116. The van der Waals surface area contributed by atoms with Crippen molar-refractivity contribution in [1.29, 1.82) is 0 Å². The van der Waals surface area contributed by atoms with Crippen LogP contribution in [0.5, 0.6) is 0 Å². The number of halogens is 1. The largest absolute Gasteiger partial charge is 0.400 e. The van der Waals surface area contributed by atoms with Gasteiger partial charge in [-0.25, -0.2) is 9.98 Å². The van der Waals surface area contributed by atoms with Gasteiger partial charge in [0.2, 0.25) is 5.96 Å². The quantitative estimate of drug-likeness (QED) is 0.375. The van der Waals surface area contributed by atoms with E-state index in [9.17, 15) is 4.79 Å². The number of nitrogens with zero attached hydrogens (tertiary/aromatic N) is 2. The van der Waals surface area contributed by atoms with Crippen molar-refractivity contribution >= 4 is 34.3 Å². The number of aliphatic imine (C=N–C) groups is 2. The number of benzene rings is 1. The molecule has 0 aliphatic rings. The molecule has 0 aliphatic heterocycles. The van der Waals surface area contributed by atoms with Gasteiger partial charge in [-0.3, -0.25) is 10.1 Å². The summed E-state index contributed by atoms with van der Waals surface area (Å²) in [6.45, 7) is 4.91. The van der Waals surface area contributed by atoms with E-state index in [0.29, 0.717) is 5.69 Å². The van der Waals surface area contributed by atoms with Crippen LogP contribution < -0.4 is 22.5 Å². The van der Waals surface area contributed by atoms with Gasteiger partial charge in [0.1, 0.15) is 5.70 Å². The lowest BCUT2D eigenvalue weighted by Gasteiger charge is -2.07. The minimum Gasteiger partial charge on any atom is -0.400 e. The molecule has 0 bridgehead atoms. The first-order chi connectivity index (χ1) is 10.3. The number of carbonyl (C=O) groups excluding carboxylic acids is 1. The van der Waals surface area contributed by atoms with Crippen LogP contribution in [-0.4, -0.2) is 17.0 Å². The molecule has 0 atom stereocenters. The van der Waals surface area contributed by atoms with E-state index < -0.39 is 5.91 Å². The summed E-state index contributed by atoms with van der Waals surface area (Å²) in [5.41, 5.74) is 17.3. The second-order valence-electron chi connectivity index (χ2n) is 4.25. The third-order valence-corrected chi connectivity index (χ3v) is 2.64. The van der Waals surface area contributed by atoms with Gasteiger partial charge in [0.05, 0.1) is 11.4 Å². The van der Waals surface area contributed by atoms with Gasteiger partial charge in [-0.2, -0.15) is 0 Å². The molecule has 0 saturated heterocycles. The van der Waals surface area contributed by atoms with Crippen LogP contribution >= 0.6 is 11.6 Å². The first-order valence-electron chi connectivity index (χ1n) is 6.17. The van der Waals surface area contributed by atoms with Crippen LogP contribution in [0.1, 0.15) is 6.92 Å². The predicted octanol–water partition coefficient (Wildman–Crippen LogP) is 1.05. The monoisotopic (exact) mass is 320 g/mol. The highest BCUT2D eigenvalue weighted by molar-refractivity contribution is 6.69. The molecule has 0 spiro atoms. The van der Waals surface area contributed by atoms with E-state index in [4.69, 9.17) is 28.8 Å². The molecule has 0 saturated carbocycles. The minimum atomic E-state index is -0.656. The fraction of sp³-hybridized carbons (Fsp3) is 0.0714. The predicted molar refractivity (Wildman–Crippen MR) is 89.4 cm³/mol. The summed E-state index contributed by atoms with van der Waals surface area (Å²) >= 11 is 5.76. The number of para-hydroxylation sites is 1. The number of carbonyl (C=O) groups is 1. The van der Waals surface area contributed by atoms with Crippen molar-refractivity contribution in [2.24, 2.45) is 27.2 Å². The van der Waals surface area contributed by atoms with E-state index >= 15 is 0 Å². The summed E-state index contributed by atoms with van der Waals surface area (Å²) in [6.07, 6.45) is 0. The molecule has 1 rings (SSSR count). The van der Waals surface area contributed by atoms with Gasteiger partial charge >= 0.3 is 0 Å². The average molecular weight is 321 g/mol. The number of amides is 1. The van der Waals surface area contributed by atoms with Gasteiger partial charge in [0, 0.05) is 5.70 Å². The topological polar surface area (TPSA) is 132 Å². The lowest BCUT2D eigenvalue weighted by atomic mass is 10.3. The Kier molecular flexibility index (Phi) is 6.15. The molecular weight excluding hydrogens is 304 g/mol. The molecule has 7 nitrogen and oxygen atoms in total. The zero-order valence-electron chi connectivity index (χ0n) is 12.0. The van der Waals surface area contributed by atoms with Crippen molar-refractivity contribution in [1.82, 2.24) is 5.32 Å². The molecule has 7 N–H and O–H groups in total. The molecule has 8 heteroatoms. The number of guanidine groups is 1. The third kappa shape index (κ3) is 5.29. The highest BCUT2D eigenvalue weighted by Gasteiger charge is 2.13. The van der Waals surface area contributed by atoms with Crippen LogP contribution in [-0.2, 0) is 4.79 Å². The summed E-state index contributed by atoms with van der Waals surface area (Å²) in [5, 5.41) is 2.24. The molecule has 116 valence electrons. The van der Waals surface area contributed by atoms with E-state index in [1.807, 2.05) is 6.07 Å². The number of rotatable bonds is 4. The Labute approximate surface area is 133 Å². The molecule has 1 aromatic carbocycles. The molecule has 0 aliphatic carbocycles. The summed E-state index contributed by atoms with van der Waals surface area (Å²) in [4.78, 5) is 20.0. The number of hydrogen-bond donors (Lipinski definition) is 4. The van der Waals surface area contributed by atoms with Crippen molar-refractivity contribution in [2.75, 3.05) is 0 Å². The summed E-state index contributed by atoms with van der Waals surface area (Å²) < 4.78 is 0. The molecular formula is C14H17ClN6O. The Morgan fingerprint density at radius 2 is 1.82 bits per heavy atom. The van der Waals surface area contributed by atoms with Crippen LogP contribution in [0.4, 0.5) is 5.69 Å². The smallest absolute Gasteiger partial charge is 0.278 e. The second kappa shape index (κ2) is 7.84. The maximum atomic E-state index is 12.1. The van der Waals surface area contributed by atoms with Crippen molar-refractivity contribution in [3.05, 3.63) is 54.0 Å². The third-order valence-electron chi connectivity index (χ3n) is 2.31. The van der Waals surface area contributed by atoms with E-state index in [-0.39, 0.29) is 28.2 Å². The maximum absolute atomic E-state index is 12.1. The normalized spacial score (nSPS) is 13.4. The molecule has 1 amide bonds. The summed E-state index contributed by atoms with van der Waals surface area (Å²) in [5.74, 6) is -0.760. The Balaban J connectivity index is 2.94. The molecule has 0 unspecified atom stereocenters. The van der Waals surface area contributed by atoms with E-state index in [1.165, 1.54) is 6.92 Å². The molecule has 0 fully saturated rings. The van der Waals surface area contributed by atoms with Crippen LogP contribution in [0.2, 0.25) is 0 Å². The van der Waals surface area contributed by atoms with Crippen LogP contribution in [0.3, 0.4) is 0 Å². The summed E-state index contributed by atoms with van der Waals surface area (Å²) in [6, 6.07) is 8.89. The van der Waals surface area contributed by atoms with E-state index in [2.05, 4.69) is 21.9 Å². The number of hydrogen-bond acceptors (Lipinski definition) is 5. The zero-order valence-corrected chi connectivity index (χ0v) is 12.8. The van der Waals surface area contributed by atoms with Gasteiger partial charge in [-0.15, -0.1) is 0 Å². The Hall–Kier alpha value is -2.80. The lowest BCUT2D eigenvalue weighted by Crippen LogP contribution is -2.38. The Morgan fingerprint density at radius 1 is 1.23 bits per heavy atom. The Bertz CT molecular complexity index is 659. The molecule has 1 aromatic rings. The molecule has 0 aromatic heterocycles. The molecule has 22 heavy (non-hydrogen) atoms. The second-order valence-corrected chi connectivity index (χ2v) is 4.60. The molecule has 0 heterocycles. The van der Waals surface area contributed by atoms with Crippen molar-refractivity contribution in [3.63, 3.8) is 0 Å². The first-order valence-corrected chi connectivity index (χ1v) is 6.55. The van der Waals surface area contributed by atoms with Crippen LogP contribution in [0.25, 0.3) is 0 Å². The highest BCUT2D eigenvalue weighted by atomic mass is 35.5. The minimum absolute atomic E-state index is 0.0131. The molecule has 0 radical (unpaired) electrons. The zero-order chi connectivity index (χ0) is 16.7. The van der Waals surface area contributed by atoms with Gasteiger partial charge < -0.3 is 17.2 Å². The van der Waals surface area contributed by atoms with E-state index in [1.54, 1.807) is 24.3 Å². The maximum Gasteiger partial charge on any atom is 0.278 e. The number of allylic oxidation sites excluding steroid dienone is 2. The van der Waals surface area contributed by atoms with Crippen LogP contribution in [0, 0.1) is 0 Å². The van der Waals surface area contributed by atoms with Crippen molar-refractivity contribution in [2.45, 2.75) is 6.92 Å². The fourth-order valence-electron chi connectivity index (χ4n) is 1.33. The van der Waals surface area contributed by atoms with Gasteiger partial charge in [0.25, 0.3) is 5.91 Å². The van der Waals surface area contributed by atoms with Gasteiger partial charge in [0.15, 0.2) is 5.17 Å². The Morgan fingerprint density at radius 3 is 2.32 bits per heavy atom. The first kappa shape index (κ1) is 17.3. The summed E-state index contributed by atoms with van der Waals surface area (Å²) in [7, 11) is 0. The average Bonchev–Trinajstić information content (AvgIpc) is 2.44. The SMILES string of the molecule is C=C(N)C(Cl)=N/C(C(=O)NC(N)=Nc1ccccc1)=C(\C)N.